The van der Waals surface area contributed by atoms with E-state index in [0.717, 1.165) is 50.5 Å². The van der Waals surface area contributed by atoms with E-state index in [2.05, 4.69) is 27.1 Å². The van der Waals surface area contributed by atoms with Crippen LogP contribution in [0.25, 0.3) is 0 Å². The number of nitrogens with zero attached hydrogens (tertiary/aromatic N) is 4. The highest BCUT2D eigenvalue weighted by atomic mass is 19.1. The molecule has 2 atom stereocenters. The number of piperidine rings is 1. The average Bonchev–Trinajstić information content (AvgIpc) is 3.63. The number of carbonyl (C=O) groups is 1. The number of aromatic nitrogens is 2. The Morgan fingerprint density at radius 3 is 2.61 bits per heavy atom. The van der Waals surface area contributed by atoms with Gasteiger partial charge in [0.05, 0.1) is 17.8 Å². The van der Waals surface area contributed by atoms with Gasteiger partial charge < -0.3 is 15.8 Å². The topological polar surface area (TPSA) is 96.6 Å². The van der Waals surface area contributed by atoms with E-state index in [0.29, 0.717) is 12.1 Å². The number of ether oxygens (including phenoxy) is 1. The minimum atomic E-state index is -0.706. The number of cyclic esters (lactones) is 1. The lowest BCUT2D eigenvalue weighted by molar-refractivity contribution is 0.165. The van der Waals surface area contributed by atoms with Crippen molar-refractivity contribution < 1.29 is 18.3 Å². The summed E-state index contributed by atoms with van der Waals surface area (Å²) < 4.78 is 35.1. The summed E-state index contributed by atoms with van der Waals surface area (Å²) in [6.45, 7) is 8.40. The highest BCUT2D eigenvalue weighted by Crippen LogP contribution is 2.47. The summed E-state index contributed by atoms with van der Waals surface area (Å²) in [5.41, 5.74) is 6.79. The first kappa shape index (κ1) is 24.8. The van der Waals surface area contributed by atoms with Gasteiger partial charge in [-0.25, -0.2) is 23.5 Å². The van der Waals surface area contributed by atoms with Crippen molar-refractivity contribution in [2.24, 2.45) is 11.7 Å². The van der Waals surface area contributed by atoms with Crippen molar-refractivity contribution in [1.29, 1.82) is 0 Å². The number of likely N-dealkylation sites (tertiary alicyclic amines) is 1. The molecule has 2 aliphatic heterocycles. The Hall–Kier alpha value is -2.85. The van der Waals surface area contributed by atoms with E-state index in [-0.39, 0.29) is 35.6 Å². The van der Waals surface area contributed by atoms with E-state index < -0.39 is 23.5 Å². The van der Waals surface area contributed by atoms with Gasteiger partial charge >= 0.3 is 6.09 Å². The Balaban J connectivity index is 1.29. The highest BCUT2D eigenvalue weighted by molar-refractivity contribution is 5.90. The van der Waals surface area contributed by atoms with Crippen LogP contribution in [0.2, 0.25) is 0 Å². The predicted octanol–water partition coefficient (Wildman–Crippen LogP) is 4.37. The van der Waals surface area contributed by atoms with Crippen LogP contribution >= 0.6 is 0 Å². The maximum atomic E-state index is 15.1. The molecule has 1 aliphatic carbocycles. The Morgan fingerprint density at radius 1 is 1.22 bits per heavy atom. The number of amides is 1. The van der Waals surface area contributed by atoms with Crippen LogP contribution in [0.4, 0.5) is 25.3 Å². The van der Waals surface area contributed by atoms with Crippen molar-refractivity contribution in [1.82, 2.24) is 14.9 Å². The van der Waals surface area contributed by atoms with E-state index in [1.165, 1.54) is 4.90 Å². The fraction of sp³-hybridized carbons (Fsp3) is 0.577. The molecule has 8 nitrogen and oxygen atoms in total. The molecule has 0 radical (unpaired) electrons. The molecule has 1 aromatic heterocycles. The van der Waals surface area contributed by atoms with Gasteiger partial charge in [0.15, 0.2) is 11.6 Å². The van der Waals surface area contributed by atoms with Crippen LogP contribution in [0.15, 0.2) is 24.4 Å². The van der Waals surface area contributed by atoms with Gasteiger partial charge in [-0.15, -0.1) is 0 Å². The van der Waals surface area contributed by atoms with Crippen LogP contribution in [0.3, 0.4) is 0 Å². The molecule has 3 N–H and O–H groups in total. The monoisotopic (exact) mass is 500 g/mol. The Bertz CT molecular complexity index is 1150. The molecule has 1 amide bonds. The predicted molar refractivity (Wildman–Crippen MR) is 132 cm³/mol. The third kappa shape index (κ3) is 4.88. The second kappa shape index (κ2) is 9.23. The molecule has 1 aromatic carbocycles. The molecule has 1 saturated carbocycles. The minimum Gasteiger partial charge on any atom is -0.447 e. The molecule has 10 heteroatoms. The summed E-state index contributed by atoms with van der Waals surface area (Å²) in [7, 11) is 0. The van der Waals surface area contributed by atoms with Gasteiger partial charge in [-0.05, 0) is 64.0 Å². The lowest BCUT2D eigenvalue weighted by Crippen LogP contribution is -2.47. The fourth-order valence-corrected chi connectivity index (χ4v) is 5.24. The zero-order valence-corrected chi connectivity index (χ0v) is 21.1. The molecule has 3 heterocycles. The fourth-order valence-electron chi connectivity index (χ4n) is 5.24. The number of hydrogen-bond donors (Lipinski definition) is 2. The second-order valence-corrected chi connectivity index (χ2v) is 11.0. The average molecular weight is 501 g/mol. The van der Waals surface area contributed by atoms with Crippen LogP contribution in [-0.4, -0.2) is 51.7 Å². The second-order valence-electron chi connectivity index (χ2n) is 11.0. The lowest BCUT2D eigenvalue weighted by Gasteiger charge is -2.36. The molecule has 194 valence electrons. The molecule has 0 unspecified atom stereocenters. The van der Waals surface area contributed by atoms with Gasteiger partial charge in [0.25, 0.3) is 0 Å². The molecule has 3 fully saturated rings. The molecule has 0 bridgehead atoms. The van der Waals surface area contributed by atoms with Crippen LogP contribution in [0, 0.1) is 17.6 Å². The van der Waals surface area contributed by atoms with Gasteiger partial charge in [-0.3, -0.25) is 4.90 Å². The van der Waals surface area contributed by atoms with Crippen molar-refractivity contribution >= 4 is 17.9 Å². The Labute approximate surface area is 210 Å². The number of nitrogens with one attached hydrogen (secondary N) is 1. The van der Waals surface area contributed by atoms with Crippen LogP contribution < -0.4 is 16.0 Å². The van der Waals surface area contributed by atoms with Gasteiger partial charge in [0.1, 0.15) is 12.4 Å². The van der Waals surface area contributed by atoms with E-state index in [1.807, 2.05) is 13.0 Å². The third-order valence-electron chi connectivity index (χ3n) is 7.86. The van der Waals surface area contributed by atoms with Crippen LogP contribution in [-0.2, 0) is 11.3 Å². The first-order valence-electron chi connectivity index (χ1n) is 12.6. The zero-order valence-electron chi connectivity index (χ0n) is 21.1. The van der Waals surface area contributed by atoms with Gasteiger partial charge in [0.2, 0.25) is 5.95 Å². The Morgan fingerprint density at radius 2 is 1.94 bits per heavy atom. The van der Waals surface area contributed by atoms with Gasteiger partial charge in [-0.2, -0.15) is 4.98 Å². The number of halogens is 2. The first-order valence-corrected chi connectivity index (χ1v) is 12.6. The summed E-state index contributed by atoms with van der Waals surface area (Å²) in [4.78, 5) is 24.4. The van der Waals surface area contributed by atoms with E-state index in [1.54, 1.807) is 19.1 Å². The number of carbonyl (C=O) groups excluding carboxylic acids is 1. The summed E-state index contributed by atoms with van der Waals surface area (Å²) in [6, 6.07) is 4.75. The maximum Gasteiger partial charge on any atom is 0.416 e. The van der Waals surface area contributed by atoms with E-state index >= 15 is 4.39 Å². The van der Waals surface area contributed by atoms with Crippen molar-refractivity contribution in [3.05, 3.63) is 47.2 Å². The lowest BCUT2D eigenvalue weighted by atomic mass is 9.91. The van der Waals surface area contributed by atoms with E-state index in [9.17, 15) is 9.18 Å². The molecule has 0 spiro atoms. The molecule has 36 heavy (non-hydrogen) atoms. The number of hydrogen-bond acceptors (Lipinski definition) is 7. The molecule has 3 aliphatic rings. The highest BCUT2D eigenvalue weighted by Gasteiger charge is 2.55. The quantitative estimate of drug-likeness (QED) is 0.583. The molecule has 2 aromatic rings. The Kier molecular flexibility index (Phi) is 6.36. The smallest absolute Gasteiger partial charge is 0.416 e. The van der Waals surface area contributed by atoms with Crippen LogP contribution in [0.5, 0.6) is 0 Å². The normalized spacial score (nSPS) is 25.1. The minimum absolute atomic E-state index is 0.110. The summed E-state index contributed by atoms with van der Waals surface area (Å²) in [5, 5.41) is 3.06. The number of nitrogens with two attached hydrogens (primary N) is 1. The summed E-state index contributed by atoms with van der Waals surface area (Å²) in [6.07, 6.45) is 4.16. The molecule has 2 saturated heterocycles. The molecule has 5 rings (SSSR count). The number of benzene rings is 1. The standard InChI is InChI=1S/C26H34F2N6O2/c1-16(19-7-4-17(12-20(19)27)14-33-10-8-25(2,29)9-11-33)31-23-30-13-21(28)22(32-23)34-24(35)36-15-26(34,3)18-5-6-18/h4,7,12-13,16,18H,5-6,8-11,14-15,29H2,1-3H3,(H,30,31,32)/t16-,26+/m0/s1. The third-order valence-corrected chi connectivity index (χ3v) is 7.86. The molecular weight excluding hydrogens is 466 g/mol. The van der Waals surface area contributed by atoms with Gasteiger partial charge in [0, 0.05) is 30.7 Å². The van der Waals surface area contributed by atoms with Gasteiger partial charge in [-0.1, -0.05) is 12.1 Å². The maximum absolute atomic E-state index is 15.1. The van der Waals surface area contributed by atoms with Crippen molar-refractivity contribution in [2.75, 3.05) is 29.9 Å². The SMILES string of the molecule is C[C@H](Nc1ncc(F)c(N2C(=O)OC[C@]2(C)C2CC2)n1)c1ccc(CN2CCC(C)(N)CC2)cc1F. The van der Waals surface area contributed by atoms with Crippen molar-refractivity contribution in [3.8, 4) is 0 Å². The van der Waals surface area contributed by atoms with E-state index in [4.69, 9.17) is 10.5 Å². The zero-order chi connectivity index (χ0) is 25.7. The summed E-state index contributed by atoms with van der Waals surface area (Å²) >= 11 is 0. The molecular formula is C26H34F2N6O2. The van der Waals surface area contributed by atoms with Crippen molar-refractivity contribution in [2.45, 2.75) is 70.1 Å². The van der Waals surface area contributed by atoms with Crippen molar-refractivity contribution in [3.63, 3.8) is 0 Å². The number of rotatable bonds is 7. The first-order chi connectivity index (χ1) is 17.1. The van der Waals surface area contributed by atoms with Crippen LogP contribution in [0.1, 0.15) is 63.6 Å². The summed E-state index contributed by atoms with van der Waals surface area (Å²) in [5.74, 6) is -0.811. The number of anilines is 2. The largest absolute Gasteiger partial charge is 0.447 e.